The molecule has 3 N–H and O–H groups in total. The summed E-state index contributed by atoms with van der Waals surface area (Å²) in [5, 5.41) is 8.92. The van der Waals surface area contributed by atoms with E-state index in [1.54, 1.807) is 19.2 Å². The largest absolute Gasteiger partial charge is 0.356 e. The third-order valence-corrected chi connectivity index (χ3v) is 4.54. The van der Waals surface area contributed by atoms with Gasteiger partial charge in [0.1, 0.15) is 5.82 Å². The summed E-state index contributed by atoms with van der Waals surface area (Å²) in [6, 6.07) is 5.83. The predicted molar refractivity (Wildman–Crippen MR) is 106 cm³/mol. The lowest BCUT2D eigenvalue weighted by atomic mass is 9.67. The number of amides is 1. The minimum Gasteiger partial charge on any atom is -0.356 e. The van der Waals surface area contributed by atoms with Gasteiger partial charge in [0.05, 0.1) is 6.54 Å². The molecule has 0 bridgehead atoms. The lowest BCUT2D eigenvalue weighted by Crippen LogP contribution is -2.47. The van der Waals surface area contributed by atoms with Crippen molar-refractivity contribution in [2.45, 2.75) is 32.6 Å². The van der Waals surface area contributed by atoms with Gasteiger partial charge in [-0.05, 0) is 42.9 Å². The molecule has 0 atom stereocenters. The van der Waals surface area contributed by atoms with E-state index in [0.29, 0.717) is 17.1 Å². The van der Waals surface area contributed by atoms with Crippen LogP contribution in [-0.4, -0.2) is 32.0 Å². The molecule has 0 aromatic heterocycles. The van der Waals surface area contributed by atoms with Gasteiger partial charge in [-0.15, -0.1) is 24.0 Å². The standard InChI is InChI=1S/C17H25FN4O.HI/c1-3-17(8-5-9-17)12-21-16(19-2)20-11-15(23)22-14-7-4-6-13(18)10-14;/h4,6-7,10H,3,5,8-9,11-12H2,1-2H3,(H,22,23)(H2,19,20,21);1H. The third kappa shape index (κ3) is 5.92. The molecule has 0 heterocycles. The van der Waals surface area contributed by atoms with Gasteiger partial charge in [0, 0.05) is 19.3 Å². The van der Waals surface area contributed by atoms with E-state index >= 15 is 0 Å². The van der Waals surface area contributed by atoms with Crippen LogP contribution in [0, 0.1) is 11.2 Å². The number of aliphatic imine (C=N–C) groups is 1. The van der Waals surface area contributed by atoms with E-state index in [1.165, 1.54) is 31.4 Å². The Hall–Kier alpha value is -1.38. The van der Waals surface area contributed by atoms with Gasteiger partial charge in [-0.25, -0.2) is 4.39 Å². The first-order valence-corrected chi connectivity index (χ1v) is 8.07. The van der Waals surface area contributed by atoms with Crippen LogP contribution in [0.5, 0.6) is 0 Å². The average Bonchev–Trinajstić information content (AvgIpc) is 2.49. The number of hydrogen-bond donors (Lipinski definition) is 3. The van der Waals surface area contributed by atoms with Crippen LogP contribution in [-0.2, 0) is 4.79 Å². The fourth-order valence-corrected chi connectivity index (χ4v) is 2.76. The maximum absolute atomic E-state index is 13.1. The number of rotatable bonds is 6. The summed E-state index contributed by atoms with van der Waals surface area (Å²) in [6.07, 6.45) is 4.93. The zero-order chi connectivity index (χ0) is 16.7. The first-order valence-electron chi connectivity index (χ1n) is 8.07. The van der Waals surface area contributed by atoms with Crippen molar-refractivity contribution in [1.82, 2.24) is 10.6 Å². The fourth-order valence-electron chi connectivity index (χ4n) is 2.76. The molecule has 0 radical (unpaired) electrons. The number of anilines is 1. The van der Waals surface area contributed by atoms with Crippen molar-refractivity contribution in [1.29, 1.82) is 0 Å². The molecule has 1 aliphatic rings. The van der Waals surface area contributed by atoms with Crippen LogP contribution in [0.3, 0.4) is 0 Å². The fraction of sp³-hybridized carbons (Fsp3) is 0.529. The van der Waals surface area contributed by atoms with Crippen molar-refractivity contribution in [2.75, 3.05) is 25.5 Å². The van der Waals surface area contributed by atoms with Crippen molar-refractivity contribution in [2.24, 2.45) is 10.4 Å². The lowest BCUT2D eigenvalue weighted by molar-refractivity contribution is -0.115. The topological polar surface area (TPSA) is 65.5 Å². The summed E-state index contributed by atoms with van der Waals surface area (Å²) in [6.45, 7) is 3.16. The van der Waals surface area contributed by atoms with Crippen LogP contribution >= 0.6 is 24.0 Å². The molecule has 0 spiro atoms. The second kappa shape index (κ2) is 9.80. The molecular formula is C17H26FIN4O. The van der Waals surface area contributed by atoms with Crippen LogP contribution in [0.2, 0.25) is 0 Å². The number of benzene rings is 1. The van der Waals surface area contributed by atoms with Crippen molar-refractivity contribution in [3.05, 3.63) is 30.1 Å². The van der Waals surface area contributed by atoms with Gasteiger partial charge >= 0.3 is 0 Å². The first kappa shape index (κ1) is 20.7. The molecule has 1 aromatic carbocycles. The third-order valence-electron chi connectivity index (χ3n) is 4.54. The van der Waals surface area contributed by atoms with E-state index < -0.39 is 0 Å². The van der Waals surface area contributed by atoms with E-state index in [9.17, 15) is 9.18 Å². The zero-order valence-electron chi connectivity index (χ0n) is 14.2. The Morgan fingerprint density at radius 2 is 2.08 bits per heavy atom. The monoisotopic (exact) mass is 448 g/mol. The molecule has 1 fully saturated rings. The smallest absolute Gasteiger partial charge is 0.243 e. The number of halogens is 2. The number of carbonyl (C=O) groups excluding carboxylic acids is 1. The van der Waals surface area contributed by atoms with E-state index in [2.05, 4.69) is 27.9 Å². The molecule has 0 unspecified atom stereocenters. The van der Waals surface area contributed by atoms with Crippen molar-refractivity contribution in [3.8, 4) is 0 Å². The zero-order valence-corrected chi connectivity index (χ0v) is 16.5. The molecule has 1 aliphatic carbocycles. The summed E-state index contributed by atoms with van der Waals surface area (Å²) < 4.78 is 13.1. The number of carbonyl (C=O) groups is 1. The maximum Gasteiger partial charge on any atom is 0.243 e. The number of guanidine groups is 1. The second-order valence-electron chi connectivity index (χ2n) is 6.04. The maximum atomic E-state index is 13.1. The van der Waals surface area contributed by atoms with Crippen LogP contribution in [0.4, 0.5) is 10.1 Å². The Bertz CT molecular complexity index is 570. The minimum atomic E-state index is -0.376. The highest BCUT2D eigenvalue weighted by molar-refractivity contribution is 14.0. The SMILES string of the molecule is CCC1(CNC(=NC)NCC(=O)Nc2cccc(F)c2)CCC1.I. The van der Waals surface area contributed by atoms with Gasteiger partial charge in [-0.2, -0.15) is 0 Å². The highest BCUT2D eigenvalue weighted by Gasteiger charge is 2.34. The summed E-state index contributed by atoms with van der Waals surface area (Å²) in [5.41, 5.74) is 0.820. The Kier molecular flexibility index (Phi) is 8.44. The van der Waals surface area contributed by atoms with Gasteiger partial charge in [0.25, 0.3) is 0 Å². The summed E-state index contributed by atoms with van der Waals surface area (Å²) in [5.74, 6) is -0.00915. The van der Waals surface area contributed by atoms with Gasteiger partial charge in [-0.1, -0.05) is 19.4 Å². The normalized spacial score (nSPS) is 15.7. The highest BCUT2D eigenvalue weighted by Crippen LogP contribution is 2.42. The molecule has 1 aromatic rings. The second-order valence-corrected chi connectivity index (χ2v) is 6.04. The van der Waals surface area contributed by atoms with Gasteiger partial charge in [0.15, 0.2) is 5.96 Å². The van der Waals surface area contributed by atoms with Crippen molar-refractivity contribution < 1.29 is 9.18 Å². The van der Waals surface area contributed by atoms with Gasteiger partial charge in [0.2, 0.25) is 5.91 Å². The first-order chi connectivity index (χ1) is 11.1. The average molecular weight is 448 g/mol. The molecule has 7 heteroatoms. The number of nitrogens with one attached hydrogen (secondary N) is 3. The van der Waals surface area contributed by atoms with E-state index in [4.69, 9.17) is 0 Å². The molecule has 0 saturated heterocycles. The Labute approximate surface area is 159 Å². The summed E-state index contributed by atoms with van der Waals surface area (Å²) >= 11 is 0. The quantitative estimate of drug-likeness (QED) is 0.356. The minimum absolute atomic E-state index is 0. The molecule has 134 valence electrons. The van der Waals surface area contributed by atoms with E-state index in [1.807, 2.05) is 0 Å². The number of hydrogen-bond acceptors (Lipinski definition) is 2. The highest BCUT2D eigenvalue weighted by atomic mass is 127. The Morgan fingerprint density at radius 1 is 1.33 bits per heavy atom. The lowest BCUT2D eigenvalue weighted by Gasteiger charge is -2.41. The van der Waals surface area contributed by atoms with Crippen molar-refractivity contribution >= 4 is 41.5 Å². The van der Waals surface area contributed by atoms with Crippen LogP contribution in [0.15, 0.2) is 29.3 Å². The van der Waals surface area contributed by atoms with Gasteiger partial charge in [-0.3, -0.25) is 9.79 Å². The van der Waals surface area contributed by atoms with E-state index in [0.717, 1.165) is 13.0 Å². The Morgan fingerprint density at radius 3 is 2.62 bits per heavy atom. The molecular weight excluding hydrogens is 422 g/mol. The molecule has 24 heavy (non-hydrogen) atoms. The van der Waals surface area contributed by atoms with Crippen LogP contribution in [0.25, 0.3) is 0 Å². The molecule has 2 rings (SSSR count). The molecule has 5 nitrogen and oxygen atoms in total. The Balaban J connectivity index is 0.00000288. The number of nitrogens with zero attached hydrogens (tertiary/aromatic N) is 1. The summed E-state index contributed by atoms with van der Waals surface area (Å²) in [7, 11) is 1.68. The molecule has 1 saturated carbocycles. The molecule has 1 amide bonds. The van der Waals surface area contributed by atoms with Gasteiger partial charge < -0.3 is 16.0 Å². The summed E-state index contributed by atoms with van der Waals surface area (Å²) in [4.78, 5) is 16.0. The van der Waals surface area contributed by atoms with Crippen LogP contribution < -0.4 is 16.0 Å². The van der Waals surface area contributed by atoms with Crippen LogP contribution in [0.1, 0.15) is 32.6 Å². The molecule has 0 aliphatic heterocycles. The van der Waals surface area contributed by atoms with Crippen molar-refractivity contribution in [3.63, 3.8) is 0 Å². The van der Waals surface area contributed by atoms with E-state index in [-0.39, 0.29) is 42.2 Å². The predicted octanol–water partition coefficient (Wildman–Crippen LogP) is 3.13.